The van der Waals surface area contributed by atoms with E-state index in [-0.39, 0.29) is 17.9 Å². The van der Waals surface area contributed by atoms with Gasteiger partial charge < -0.3 is 10.1 Å². The lowest BCUT2D eigenvalue weighted by Gasteiger charge is -2.22. The van der Waals surface area contributed by atoms with E-state index in [1.54, 1.807) is 19.4 Å². The Morgan fingerprint density at radius 3 is 2.52 bits per heavy atom. The molecule has 1 N–H and O–H groups in total. The molecule has 0 spiro atoms. The highest BCUT2D eigenvalue weighted by Gasteiger charge is 2.17. The fraction of sp³-hybridized carbons (Fsp3) is 0.217. The van der Waals surface area contributed by atoms with Gasteiger partial charge in [-0.05, 0) is 35.8 Å². The molecule has 0 fully saturated rings. The van der Waals surface area contributed by atoms with Crippen LogP contribution in [0.5, 0.6) is 5.75 Å². The summed E-state index contributed by atoms with van der Waals surface area (Å²) in [5, 5.41) is 4.16. The van der Waals surface area contributed by atoms with Gasteiger partial charge in [-0.2, -0.15) is 0 Å². The number of aromatic nitrogens is 1. The average molecular weight is 360 g/mol. The predicted octanol–water partition coefficient (Wildman–Crippen LogP) is 4.77. The lowest BCUT2D eigenvalue weighted by molar-refractivity contribution is -0.117. The zero-order valence-corrected chi connectivity index (χ0v) is 15.8. The number of nitrogens with zero attached hydrogens (tertiary/aromatic N) is 1. The number of nitrogens with one attached hydrogen (secondary N) is 1. The van der Waals surface area contributed by atoms with E-state index >= 15 is 0 Å². The number of carbonyl (C=O) groups is 1. The standard InChI is InChI=1S/C23H24N2O2/c1-16(2)22(19-9-12-20(27-3)13-10-19)25-21(26)14-11-18-7-4-6-17-8-5-15-24-23(17)18/h4-16,22H,1-3H3,(H,25,26)/b14-11+. The quantitative estimate of drug-likeness (QED) is 0.644. The summed E-state index contributed by atoms with van der Waals surface area (Å²) in [7, 11) is 1.64. The normalized spacial score (nSPS) is 12.4. The first kappa shape index (κ1) is 18.6. The van der Waals surface area contributed by atoms with Crippen LogP contribution >= 0.6 is 0 Å². The number of ether oxygens (including phenoxy) is 1. The lowest BCUT2D eigenvalue weighted by Crippen LogP contribution is -2.30. The topological polar surface area (TPSA) is 51.2 Å². The van der Waals surface area contributed by atoms with Gasteiger partial charge in [0, 0.05) is 23.2 Å². The lowest BCUT2D eigenvalue weighted by atomic mass is 9.96. The van der Waals surface area contributed by atoms with Crippen molar-refractivity contribution in [2.75, 3.05) is 7.11 Å². The second-order valence-corrected chi connectivity index (χ2v) is 6.76. The van der Waals surface area contributed by atoms with Gasteiger partial charge in [-0.3, -0.25) is 9.78 Å². The fourth-order valence-corrected chi connectivity index (χ4v) is 3.08. The molecule has 4 heteroatoms. The Kier molecular flexibility index (Phi) is 5.87. The number of benzene rings is 2. The molecule has 4 nitrogen and oxygen atoms in total. The average Bonchev–Trinajstić information content (AvgIpc) is 2.70. The first-order chi connectivity index (χ1) is 13.1. The molecule has 1 heterocycles. The Morgan fingerprint density at radius 2 is 1.81 bits per heavy atom. The number of fused-ring (bicyclic) bond motifs is 1. The molecule has 138 valence electrons. The molecule has 0 bridgehead atoms. The molecule has 1 atom stereocenters. The van der Waals surface area contributed by atoms with Crippen molar-refractivity contribution in [2.45, 2.75) is 19.9 Å². The molecule has 1 unspecified atom stereocenters. The van der Waals surface area contributed by atoms with Crippen LogP contribution in [0.1, 0.15) is 31.0 Å². The van der Waals surface area contributed by atoms with E-state index in [0.717, 1.165) is 27.8 Å². The zero-order chi connectivity index (χ0) is 19.2. The third-order valence-corrected chi connectivity index (χ3v) is 4.52. The Labute approximate surface area is 159 Å². The number of carbonyl (C=O) groups excluding carboxylic acids is 1. The molecule has 3 aromatic rings. The molecule has 0 aliphatic rings. The summed E-state index contributed by atoms with van der Waals surface area (Å²) in [6.07, 6.45) is 5.15. The maximum atomic E-state index is 12.5. The second kappa shape index (κ2) is 8.49. The van der Waals surface area contributed by atoms with Gasteiger partial charge in [0.05, 0.1) is 18.7 Å². The second-order valence-electron chi connectivity index (χ2n) is 6.76. The van der Waals surface area contributed by atoms with Crippen molar-refractivity contribution in [1.82, 2.24) is 10.3 Å². The Hall–Kier alpha value is -3.14. The monoisotopic (exact) mass is 360 g/mol. The summed E-state index contributed by atoms with van der Waals surface area (Å²) in [6, 6.07) is 17.6. The first-order valence-corrected chi connectivity index (χ1v) is 9.05. The largest absolute Gasteiger partial charge is 0.497 e. The minimum Gasteiger partial charge on any atom is -0.497 e. The summed E-state index contributed by atoms with van der Waals surface area (Å²) in [6.45, 7) is 4.18. The van der Waals surface area contributed by atoms with E-state index in [1.807, 2.05) is 60.7 Å². The van der Waals surface area contributed by atoms with E-state index in [9.17, 15) is 4.79 Å². The van der Waals surface area contributed by atoms with Crippen LogP contribution in [-0.4, -0.2) is 18.0 Å². The van der Waals surface area contributed by atoms with E-state index in [2.05, 4.69) is 24.1 Å². The van der Waals surface area contributed by atoms with Crippen molar-refractivity contribution in [3.8, 4) is 5.75 Å². The van der Waals surface area contributed by atoms with Gasteiger partial charge in [-0.1, -0.05) is 50.2 Å². The van der Waals surface area contributed by atoms with Crippen LogP contribution in [0.3, 0.4) is 0 Å². The highest BCUT2D eigenvalue weighted by molar-refractivity contribution is 5.95. The predicted molar refractivity (Wildman–Crippen MR) is 109 cm³/mol. The number of rotatable bonds is 6. The van der Waals surface area contributed by atoms with E-state index in [0.29, 0.717) is 0 Å². The van der Waals surface area contributed by atoms with Crippen LogP contribution in [0.25, 0.3) is 17.0 Å². The van der Waals surface area contributed by atoms with Crippen LogP contribution in [0.15, 0.2) is 66.9 Å². The van der Waals surface area contributed by atoms with Crippen LogP contribution in [0.4, 0.5) is 0 Å². The smallest absolute Gasteiger partial charge is 0.244 e. The number of para-hydroxylation sites is 1. The highest BCUT2D eigenvalue weighted by atomic mass is 16.5. The molecule has 3 rings (SSSR count). The van der Waals surface area contributed by atoms with Gasteiger partial charge in [0.15, 0.2) is 0 Å². The SMILES string of the molecule is COc1ccc(C(NC(=O)/C=C/c2cccc3cccnc23)C(C)C)cc1. The molecule has 27 heavy (non-hydrogen) atoms. The number of methoxy groups -OCH3 is 1. The van der Waals surface area contributed by atoms with Gasteiger partial charge >= 0.3 is 0 Å². The Bertz CT molecular complexity index is 941. The molecular weight excluding hydrogens is 336 g/mol. The molecule has 1 amide bonds. The zero-order valence-electron chi connectivity index (χ0n) is 15.8. The molecular formula is C23H24N2O2. The summed E-state index contributed by atoms with van der Waals surface area (Å²) in [5.41, 5.74) is 2.87. The van der Waals surface area contributed by atoms with Crippen molar-refractivity contribution in [3.05, 3.63) is 78.0 Å². The minimum absolute atomic E-state index is 0.0706. The molecule has 0 aliphatic heterocycles. The van der Waals surface area contributed by atoms with Crippen LogP contribution in [0.2, 0.25) is 0 Å². The van der Waals surface area contributed by atoms with Crippen molar-refractivity contribution < 1.29 is 9.53 Å². The van der Waals surface area contributed by atoms with Crippen LogP contribution in [0, 0.1) is 5.92 Å². The number of amides is 1. The molecule has 2 aromatic carbocycles. The molecule has 1 aromatic heterocycles. The minimum atomic E-state index is -0.127. The van der Waals surface area contributed by atoms with Crippen LogP contribution in [-0.2, 0) is 4.79 Å². The van der Waals surface area contributed by atoms with Crippen LogP contribution < -0.4 is 10.1 Å². The fourth-order valence-electron chi connectivity index (χ4n) is 3.08. The van der Waals surface area contributed by atoms with Gasteiger partial charge in [-0.15, -0.1) is 0 Å². The molecule has 0 radical (unpaired) electrons. The highest BCUT2D eigenvalue weighted by Crippen LogP contribution is 2.24. The van der Waals surface area contributed by atoms with E-state index < -0.39 is 0 Å². The summed E-state index contributed by atoms with van der Waals surface area (Å²) in [5.74, 6) is 0.934. The summed E-state index contributed by atoms with van der Waals surface area (Å²) in [4.78, 5) is 16.9. The number of hydrogen-bond donors (Lipinski definition) is 1. The van der Waals surface area contributed by atoms with Crippen molar-refractivity contribution in [2.24, 2.45) is 5.92 Å². The van der Waals surface area contributed by atoms with Gasteiger partial charge in [-0.25, -0.2) is 0 Å². The van der Waals surface area contributed by atoms with E-state index in [4.69, 9.17) is 4.74 Å². The molecule has 0 aliphatic carbocycles. The third kappa shape index (κ3) is 4.53. The molecule has 0 saturated heterocycles. The maximum absolute atomic E-state index is 12.5. The van der Waals surface area contributed by atoms with Crippen molar-refractivity contribution in [1.29, 1.82) is 0 Å². The third-order valence-electron chi connectivity index (χ3n) is 4.52. The molecule has 0 saturated carbocycles. The summed E-state index contributed by atoms with van der Waals surface area (Å²) < 4.78 is 5.21. The van der Waals surface area contributed by atoms with Gasteiger partial charge in [0.1, 0.15) is 5.75 Å². The Morgan fingerprint density at radius 1 is 1.07 bits per heavy atom. The van der Waals surface area contributed by atoms with Crippen molar-refractivity contribution >= 4 is 22.9 Å². The summed E-state index contributed by atoms with van der Waals surface area (Å²) >= 11 is 0. The van der Waals surface area contributed by atoms with Gasteiger partial charge in [0.25, 0.3) is 0 Å². The van der Waals surface area contributed by atoms with E-state index in [1.165, 1.54) is 0 Å². The maximum Gasteiger partial charge on any atom is 0.244 e. The Balaban J connectivity index is 1.76. The van der Waals surface area contributed by atoms with Gasteiger partial charge in [0.2, 0.25) is 5.91 Å². The number of pyridine rings is 1. The first-order valence-electron chi connectivity index (χ1n) is 9.05. The van der Waals surface area contributed by atoms with Crippen molar-refractivity contribution in [3.63, 3.8) is 0 Å². The number of hydrogen-bond acceptors (Lipinski definition) is 3.